The molecule has 0 radical (unpaired) electrons. The molecule has 1 N–H and O–H groups in total. The van der Waals surface area contributed by atoms with E-state index in [1.165, 1.54) is 0 Å². The van der Waals surface area contributed by atoms with Crippen molar-refractivity contribution in [3.63, 3.8) is 0 Å². The molecule has 0 fully saturated rings. The number of methoxy groups -OCH3 is 1. The average molecular weight is 360 g/mol. The molecule has 0 saturated carbocycles. The summed E-state index contributed by atoms with van der Waals surface area (Å²) in [7, 11) is 1.64. The number of anilines is 1. The molecular formula is C18H24N4O4. The summed E-state index contributed by atoms with van der Waals surface area (Å²) in [6.45, 7) is 5.12. The van der Waals surface area contributed by atoms with Crippen molar-refractivity contribution in [1.82, 2.24) is 14.5 Å². The maximum Gasteiger partial charge on any atom is 0.308 e. The lowest BCUT2D eigenvalue weighted by Gasteiger charge is -2.09. The van der Waals surface area contributed by atoms with E-state index in [0.717, 1.165) is 11.4 Å². The third-order valence-electron chi connectivity index (χ3n) is 3.94. The Labute approximate surface area is 152 Å². The van der Waals surface area contributed by atoms with Crippen LogP contribution in [-0.4, -0.2) is 53.2 Å². The number of rotatable bonds is 10. The van der Waals surface area contributed by atoms with Gasteiger partial charge in [-0.05, 0) is 26.0 Å². The van der Waals surface area contributed by atoms with Crippen LogP contribution in [0.5, 0.6) is 0 Å². The summed E-state index contributed by atoms with van der Waals surface area (Å²) < 4.78 is 12.2. The number of ether oxygens (including phenoxy) is 2. The van der Waals surface area contributed by atoms with Crippen molar-refractivity contribution in [1.29, 1.82) is 0 Å². The van der Waals surface area contributed by atoms with Crippen molar-refractivity contribution >= 4 is 17.7 Å². The quantitative estimate of drug-likeness (QED) is 0.509. The molecule has 26 heavy (non-hydrogen) atoms. The molecule has 0 aliphatic rings. The second-order valence-electron chi connectivity index (χ2n) is 5.76. The molecule has 0 aliphatic heterocycles. The van der Waals surface area contributed by atoms with E-state index < -0.39 is 5.97 Å². The number of carbonyl (C=O) groups is 2. The highest BCUT2D eigenvalue weighted by Gasteiger charge is 2.17. The van der Waals surface area contributed by atoms with Crippen LogP contribution in [0.1, 0.15) is 28.2 Å². The second-order valence-corrected chi connectivity index (χ2v) is 5.76. The molecule has 0 unspecified atom stereocenters. The van der Waals surface area contributed by atoms with Crippen molar-refractivity contribution in [2.45, 2.75) is 26.8 Å². The maximum absolute atomic E-state index is 12.3. The fourth-order valence-electron chi connectivity index (χ4n) is 2.57. The number of carbonyl (C=O) groups excluding carboxylic acids is 2. The second kappa shape index (κ2) is 9.67. The Morgan fingerprint density at radius 3 is 2.65 bits per heavy atom. The molecule has 0 spiro atoms. The van der Waals surface area contributed by atoms with Gasteiger partial charge in [-0.2, -0.15) is 0 Å². The van der Waals surface area contributed by atoms with Crippen molar-refractivity contribution in [3.05, 3.63) is 41.5 Å². The van der Waals surface area contributed by atoms with Gasteiger partial charge < -0.3 is 19.4 Å². The SMILES string of the molecule is COCCn1c(C)cc(C(=O)COC(=O)CCNc2ncccn2)c1C. The molecule has 0 aromatic carbocycles. The normalized spacial score (nSPS) is 10.6. The zero-order valence-corrected chi connectivity index (χ0v) is 15.3. The Kier molecular flexibility index (Phi) is 7.28. The smallest absolute Gasteiger partial charge is 0.308 e. The summed E-state index contributed by atoms with van der Waals surface area (Å²) in [4.78, 5) is 32.1. The van der Waals surface area contributed by atoms with E-state index in [9.17, 15) is 9.59 Å². The maximum atomic E-state index is 12.3. The molecule has 2 rings (SSSR count). The number of nitrogens with zero attached hydrogens (tertiary/aromatic N) is 3. The van der Waals surface area contributed by atoms with E-state index in [-0.39, 0.29) is 18.8 Å². The molecule has 2 aromatic rings. The summed E-state index contributed by atoms with van der Waals surface area (Å²) in [6.07, 6.45) is 3.34. The van der Waals surface area contributed by atoms with Gasteiger partial charge in [-0.15, -0.1) is 0 Å². The first-order valence-electron chi connectivity index (χ1n) is 8.38. The topological polar surface area (TPSA) is 95.3 Å². The molecule has 2 heterocycles. The van der Waals surface area contributed by atoms with Gasteiger partial charge >= 0.3 is 5.97 Å². The van der Waals surface area contributed by atoms with Crippen LogP contribution < -0.4 is 5.32 Å². The average Bonchev–Trinajstić information content (AvgIpc) is 2.93. The Bertz CT molecular complexity index is 743. The lowest BCUT2D eigenvalue weighted by atomic mass is 10.1. The van der Waals surface area contributed by atoms with Crippen molar-refractivity contribution in [3.8, 4) is 0 Å². The standard InChI is InChI=1S/C18H24N4O4/c1-13-11-15(14(2)22(13)9-10-25-3)16(23)12-26-17(24)5-8-21-18-19-6-4-7-20-18/h4,6-7,11H,5,8-10,12H2,1-3H3,(H,19,20,21). The summed E-state index contributed by atoms with van der Waals surface area (Å²) in [5.41, 5.74) is 2.40. The van der Waals surface area contributed by atoms with Crippen LogP contribution in [-0.2, 0) is 20.8 Å². The number of ketones is 1. The van der Waals surface area contributed by atoms with Gasteiger partial charge in [-0.25, -0.2) is 9.97 Å². The van der Waals surface area contributed by atoms with E-state index in [1.54, 1.807) is 25.6 Å². The minimum absolute atomic E-state index is 0.123. The van der Waals surface area contributed by atoms with Gasteiger partial charge in [0.2, 0.25) is 11.7 Å². The van der Waals surface area contributed by atoms with E-state index in [4.69, 9.17) is 9.47 Å². The van der Waals surface area contributed by atoms with Crippen molar-refractivity contribution < 1.29 is 19.1 Å². The van der Waals surface area contributed by atoms with Crippen LogP contribution in [0.2, 0.25) is 0 Å². The van der Waals surface area contributed by atoms with Crippen LogP contribution in [0.4, 0.5) is 5.95 Å². The number of aromatic nitrogens is 3. The predicted octanol–water partition coefficient (Wildman–Crippen LogP) is 1.77. The number of esters is 1. The van der Waals surface area contributed by atoms with Crippen molar-refractivity contribution in [2.75, 3.05) is 32.2 Å². The van der Waals surface area contributed by atoms with Gasteiger partial charge in [0.1, 0.15) is 0 Å². The molecule has 0 aliphatic carbocycles. The first-order chi connectivity index (χ1) is 12.5. The first-order valence-corrected chi connectivity index (χ1v) is 8.38. The van der Waals surface area contributed by atoms with Gasteiger partial charge in [-0.3, -0.25) is 9.59 Å². The Hall–Kier alpha value is -2.74. The highest BCUT2D eigenvalue weighted by atomic mass is 16.5. The zero-order valence-electron chi connectivity index (χ0n) is 15.3. The highest BCUT2D eigenvalue weighted by Crippen LogP contribution is 2.16. The Morgan fingerprint density at radius 2 is 1.96 bits per heavy atom. The number of aryl methyl sites for hydroxylation is 1. The van der Waals surface area contributed by atoms with Crippen LogP contribution >= 0.6 is 0 Å². The predicted molar refractivity (Wildman–Crippen MR) is 96.2 cm³/mol. The molecule has 0 saturated heterocycles. The summed E-state index contributed by atoms with van der Waals surface area (Å²) in [5, 5.41) is 2.91. The summed E-state index contributed by atoms with van der Waals surface area (Å²) in [6, 6.07) is 3.52. The highest BCUT2D eigenvalue weighted by molar-refractivity contribution is 5.99. The van der Waals surface area contributed by atoms with Gasteiger partial charge in [-0.1, -0.05) is 0 Å². The fourth-order valence-corrected chi connectivity index (χ4v) is 2.57. The minimum Gasteiger partial charge on any atom is -0.457 e. The zero-order chi connectivity index (χ0) is 18.9. The van der Waals surface area contributed by atoms with Gasteiger partial charge in [0.15, 0.2) is 6.61 Å². The van der Waals surface area contributed by atoms with E-state index in [1.807, 2.05) is 24.5 Å². The molecule has 140 valence electrons. The number of Topliss-reactive ketones (excluding diaryl/α,β-unsaturated/α-hetero) is 1. The van der Waals surface area contributed by atoms with Crippen LogP contribution in [0, 0.1) is 13.8 Å². The van der Waals surface area contributed by atoms with E-state index >= 15 is 0 Å². The van der Waals surface area contributed by atoms with Gasteiger partial charge in [0.25, 0.3) is 0 Å². The Balaban J connectivity index is 1.80. The third-order valence-corrected chi connectivity index (χ3v) is 3.94. The lowest BCUT2D eigenvalue weighted by molar-refractivity contribution is -0.142. The number of hydrogen-bond acceptors (Lipinski definition) is 7. The fraction of sp³-hybridized carbons (Fsp3) is 0.444. The van der Waals surface area contributed by atoms with Gasteiger partial charge in [0, 0.05) is 49.5 Å². The number of nitrogens with one attached hydrogen (secondary N) is 1. The summed E-state index contributed by atoms with van der Waals surface area (Å²) in [5.74, 6) is -0.218. The Morgan fingerprint density at radius 1 is 1.23 bits per heavy atom. The molecular weight excluding hydrogens is 336 g/mol. The third kappa shape index (κ3) is 5.38. The van der Waals surface area contributed by atoms with Crippen LogP contribution in [0.3, 0.4) is 0 Å². The van der Waals surface area contributed by atoms with Crippen LogP contribution in [0.25, 0.3) is 0 Å². The molecule has 8 nitrogen and oxygen atoms in total. The monoisotopic (exact) mass is 360 g/mol. The molecule has 0 atom stereocenters. The lowest BCUT2D eigenvalue weighted by Crippen LogP contribution is -2.17. The first kappa shape index (κ1) is 19.6. The minimum atomic E-state index is -0.449. The number of hydrogen-bond donors (Lipinski definition) is 1. The van der Waals surface area contributed by atoms with Crippen molar-refractivity contribution in [2.24, 2.45) is 0 Å². The van der Waals surface area contributed by atoms with E-state index in [2.05, 4.69) is 15.3 Å². The molecule has 2 aromatic heterocycles. The van der Waals surface area contributed by atoms with Crippen LogP contribution in [0.15, 0.2) is 24.5 Å². The largest absolute Gasteiger partial charge is 0.457 e. The molecule has 0 amide bonds. The molecule has 0 bridgehead atoms. The van der Waals surface area contributed by atoms with E-state index in [0.29, 0.717) is 31.2 Å². The van der Waals surface area contributed by atoms with Gasteiger partial charge in [0.05, 0.1) is 13.0 Å². The molecule has 8 heteroatoms. The summed E-state index contributed by atoms with van der Waals surface area (Å²) >= 11 is 0.